The zero-order valence-corrected chi connectivity index (χ0v) is 12.5. The molecule has 0 spiro atoms. The Hall–Kier alpha value is -0.480. The molecule has 1 heterocycles. The Balaban J connectivity index is 2.36. The molecular formula is C13H25N3S. The lowest BCUT2D eigenvalue weighted by Crippen LogP contribution is -2.22. The molecule has 0 aromatic carbocycles. The predicted octanol–water partition coefficient (Wildman–Crippen LogP) is 3.09. The van der Waals surface area contributed by atoms with Gasteiger partial charge in [0.1, 0.15) is 10.0 Å². The van der Waals surface area contributed by atoms with Crippen LogP contribution in [0, 0.1) is 11.8 Å². The van der Waals surface area contributed by atoms with Crippen LogP contribution in [0.5, 0.6) is 0 Å². The second-order valence-corrected chi connectivity index (χ2v) is 6.51. The number of aromatic nitrogens is 2. The molecule has 0 aliphatic rings. The monoisotopic (exact) mass is 255 g/mol. The Labute approximate surface area is 109 Å². The number of rotatable bonds is 7. The van der Waals surface area contributed by atoms with Crippen LogP contribution in [0.25, 0.3) is 0 Å². The molecule has 1 aromatic rings. The van der Waals surface area contributed by atoms with E-state index >= 15 is 0 Å². The minimum Gasteiger partial charge on any atom is -0.316 e. The Morgan fingerprint density at radius 3 is 2.41 bits per heavy atom. The van der Waals surface area contributed by atoms with Crippen molar-refractivity contribution in [2.45, 2.75) is 47.0 Å². The van der Waals surface area contributed by atoms with Gasteiger partial charge >= 0.3 is 0 Å². The van der Waals surface area contributed by atoms with E-state index in [0.717, 1.165) is 24.5 Å². The third kappa shape index (κ3) is 5.13. The first-order valence-corrected chi connectivity index (χ1v) is 7.35. The lowest BCUT2D eigenvalue weighted by molar-refractivity contribution is 0.529. The highest BCUT2D eigenvalue weighted by atomic mass is 32.1. The summed E-state index contributed by atoms with van der Waals surface area (Å²) >= 11 is 1.77. The van der Waals surface area contributed by atoms with Gasteiger partial charge in [0.05, 0.1) is 0 Å². The predicted molar refractivity (Wildman–Crippen MR) is 74.6 cm³/mol. The van der Waals surface area contributed by atoms with Gasteiger partial charge in [-0.1, -0.05) is 34.6 Å². The Morgan fingerprint density at radius 2 is 1.82 bits per heavy atom. The van der Waals surface area contributed by atoms with E-state index in [2.05, 4.69) is 50.1 Å². The van der Waals surface area contributed by atoms with Crippen molar-refractivity contribution in [3.05, 3.63) is 10.0 Å². The highest BCUT2D eigenvalue weighted by molar-refractivity contribution is 7.11. The van der Waals surface area contributed by atoms with E-state index < -0.39 is 0 Å². The normalized spacial score (nSPS) is 13.6. The van der Waals surface area contributed by atoms with Crippen LogP contribution < -0.4 is 5.32 Å². The molecule has 0 aliphatic heterocycles. The standard InChI is InChI=1S/C13H25N3S/c1-9(2)8-14-7-6-12-15-16-13(17-12)11(5)10(3)4/h9-11,14H,6-8H2,1-5H3. The van der Waals surface area contributed by atoms with Crippen LogP contribution in [0.4, 0.5) is 0 Å². The fraction of sp³-hybridized carbons (Fsp3) is 0.846. The second kappa shape index (κ2) is 7.07. The third-order valence-corrected chi connectivity index (χ3v) is 4.12. The van der Waals surface area contributed by atoms with Crippen LogP contribution in [-0.4, -0.2) is 23.3 Å². The average molecular weight is 255 g/mol. The smallest absolute Gasteiger partial charge is 0.120 e. The molecule has 0 saturated carbocycles. The van der Waals surface area contributed by atoms with E-state index in [1.807, 2.05) is 0 Å². The zero-order chi connectivity index (χ0) is 12.8. The maximum absolute atomic E-state index is 4.29. The van der Waals surface area contributed by atoms with Crippen LogP contribution in [0.15, 0.2) is 0 Å². The summed E-state index contributed by atoms with van der Waals surface area (Å²) in [5, 5.41) is 14.3. The van der Waals surface area contributed by atoms with Gasteiger partial charge in [0.25, 0.3) is 0 Å². The summed E-state index contributed by atoms with van der Waals surface area (Å²) in [4.78, 5) is 0. The van der Waals surface area contributed by atoms with E-state index in [-0.39, 0.29) is 0 Å². The molecule has 4 heteroatoms. The van der Waals surface area contributed by atoms with Crippen molar-refractivity contribution < 1.29 is 0 Å². The molecule has 98 valence electrons. The second-order valence-electron chi connectivity index (χ2n) is 5.41. The molecule has 1 N–H and O–H groups in total. The van der Waals surface area contributed by atoms with E-state index in [9.17, 15) is 0 Å². The minimum atomic E-state index is 0.518. The number of hydrogen-bond donors (Lipinski definition) is 1. The van der Waals surface area contributed by atoms with Gasteiger partial charge in [-0.25, -0.2) is 0 Å². The Morgan fingerprint density at radius 1 is 1.12 bits per heavy atom. The number of nitrogens with zero attached hydrogens (tertiary/aromatic N) is 2. The van der Waals surface area contributed by atoms with Gasteiger partial charge in [0, 0.05) is 18.9 Å². The highest BCUT2D eigenvalue weighted by Crippen LogP contribution is 2.26. The van der Waals surface area contributed by atoms with Gasteiger partial charge in [-0.15, -0.1) is 21.5 Å². The average Bonchev–Trinajstić information content (AvgIpc) is 2.71. The molecule has 3 nitrogen and oxygen atoms in total. The largest absolute Gasteiger partial charge is 0.316 e. The summed E-state index contributed by atoms with van der Waals surface area (Å²) in [5.41, 5.74) is 0. The zero-order valence-electron chi connectivity index (χ0n) is 11.7. The number of nitrogens with one attached hydrogen (secondary N) is 1. The summed E-state index contributed by atoms with van der Waals surface area (Å²) in [6.07, 6.45) is 0.995. The lowest BCUT2D eigenvalue weighted by atomic mass is 9.99. The van der Waals surface area contributed by atoms with E-state index in [1.165, 1.54) is 5.01 Å². The molecule has 0 radical (unpaired) electrons. The molecule has 1 aromatic heterocycles. The molecular weight excluding hydrogens is 230 g/mol. The van der Waals surface area contributed by atoms with Gasteiger partial charge in [-0.05, 0) is 18.4 Å². The topological polar surface area (TPSA) is 37.8 Å². The third-order valence-electron chi connectivity index (χ3n) is 2.94. The molecule has 0 aliphatic carbocycles. The molecule has 0 amide bonds. The fourth-order valence-corrected chi connectivity index (χ4v) is 2.49. The molecule has 0 fully saturated rings. The maximum Gasteiger partial charge on any atom is 0.120 e. The van der Waals surface area contributed by atoms with Crippen molar-refractivity contribution >= 4 is 11.3 Å². The van der Waals surface area contributed by atoms with Crippen LogP contribution in [0.1, 0.15) is 50.6 Å². The maximum atomic E-state index is 4.29. The first-order valence-electron chi connectivity index (χ1n) is 6.53. The van der Waals surface area contributed by atoms with Gasteiger partial charge in [-0.2, -0.15) is 0 Å². The SMILES string of the molecule is CC(C)CNCCc1nnc(C(C)C(C)C)s1. The Bertz CT molecular complexity index is 320. The fourth-order valence-electron chi connectivity index (χ4n) is 1.42. The first-order chi connectivity index (χ1) is 8.00. The van der Waals surface area contributed by atoms with Crippen molar-refractivity contribution in [1.29, 1.82) is 0 Å². The summed E-state index contributed by atoms with van der Waals surface area (Å²) in [7, 11) is 0. The van der Waals surface area contributed by atoms with Crippen molar-refractivity contribution in [3.63, 3.8) is 0 Å². The molecule has 0 bridgehead atoms. The van der Waals surface area contributed by atoms with Crippen LogP contribution in [0.3, 0.4) is 0 Å². The summed E-state index contributed by atoms with van der Waals surface area (Å²) in [5.74, 6) is 1.86. The summed E-state index contributed by atoms with van der Waals surface area (Å²) < 4.78 is 0. The lowest BCUT2D eigenvalue weighted by Gasteiger charge is -2.10. The summed E-state index contributed by atoms with van der Waals surface area (Å²) in [6.45, 7) is 13.2. The highest BCUT2D eigenvalue weighted by Gasteiger charge is 2.15. The molecule has 0 saturated heterocycles. The Kier molecular flexibility index (Phi) is 6.06. The van der Waals surface area contributed by atoms with Crippen molar-refractivity contribution in [2.24, 2.45) is 11.8 Å². The van der Waals surface area contributed by atoms with Crippen molar-refractivity contribution in [3.8, 4) is 0 Å². The van der Waals surface area contributed by atoms with Crippen molar-refractivity contribution in [2.75, 3.05) is 13.1 Å². The first kappa shape index (κ1) is 14.6. The van der Waals surface area contributed by atoms with Crippen LogP contribution >= 0.6 is 11.3 Å². The van der Waals surface area contributed by atoms with Gasteiger partial charge in [-0.3, -0.25) is 0 Å². The number of hydrogen-bond acceptors (Lipinski definition) is 4. The van der Waals surface area contributed by atoms with E-state index in [4.69, 9.17) is 0 Å². The van der Waals surface area contributed by atoms with Crippen LogP contribution in [0.2, 0.25) is 0 Å². The van der Waals surface area contributed by atoms with Gasteiger partial charge in [0.2, 0.25) is 0 Å². The van der Waals surface area contributed by atoms with Gasteiger partial charge in [0.15, 0.2) is 0 Å². The summed E-state index contributed by atoms with van der Waals surface area (Å²) in [6, 6.07) is 0. The quantitative estimate of drug-likeness (QED) is 0.761. The molecule has 1 unspecified atom stereocenters. The van der Waals surface area contributed by atoms with Crippen LogP contribution in [-0.2, 0) is 6.42 Å². The van der Waals surface area contributed by atoms with E-state index in [0.29, 0.717) is 17.8 Å². The van der Waals surface area contributed by atoms with Crippen molar-refractivity contribution in [1.82, 2.24) is 15.5 Å². The minimum absolute atomic E-state index is 0.518. The van der Waals surface area contributed by atoms with E-state index in [1.54, 1.807) is 11.3 Å². The van der Waals surface area contributed by atoms with Gasteiger partial charge < -0.3 is 5.32 Å². The molecule has 1 atom stereocenters. The molecule has 17 heavy (non-hydrogen) atoms. The molecule has 1 rings (SSSR count).